The Kier molecular flexibility index (Phi) is 12.6. The first-order valence-electron chi connectivity index (χ1n) is 14.9. The van der Waals surface area contributed by atoms with Crippen molar-refractivity contribution in [3.05, 3.63) is 132 Å². The highest BCUT2D eigenvalue weighted by atomic mass is 19.1. The van der Waals surface area contributed by atoms with Crippen molar-refractivity contribution in [1.29, 1.82) is 0 Å². The second-order valence-electron chi connectivity index (χ2n) is 10.4. The van der Waals surface area contributed by atoms with Crippen LogP contribution in [-0.4, -0.2) is 32.2 Å². The summed E-state index contributed by atoms with van der Waals surface area (Å²) in [7, 11) is 0. The minimum Gasteiger partial charge on any atom is -0.494 e. The fourth-order valence-corrected chi connectivity index (χ4v) is 4.28. The molecule has 0 aliphatic rings. The number of benzene rings is 4. The summed E-state index contributed by atoms with van der Waals surface area (Å²) in [6.45, 7) is 8.14. The zero-order valence-electron chi connectivity index (χ0n) is 25.2. The summed E-state index contributed by atoms with van der Waals surface area (Å²) in [5.41, 5.74) is 3.49. The number of allylic oxidation sites excluding steroid dienone is 2. The number of ketones is 1. The van der Waals surface area contributed by atoms with Crippen molar-refractivity contribution in [3.8, 4) is 23.0 Å². The van der Waals surface area contributed by atoms with Crippen LogP contribution in [0.15, 0.2) is 110 Å². The maximum atomic E-state index is 13.0. The van der Waals surface area contributed by atoms with Crippen molar-refractivity contribution in [2.75, 3.05) is 26.4 Å². The van der Waals surface area contributed by atoms with Crippen molar-refractivity contribution in [3.63, 3.8) is 0 Å². The Hall–Kier alpha value is -4.84. The van der Waals surface area contributed by atoms with Gasteiger partial charge in [-0.15, -0.1) is 0 Å². The normalized spacial score (nSPS) is 10.9. The summed E-state index contributed by atoms with van der Waals surface area (Å²) < 4.78 is 36.2. The van der Waals surface area contributed by atoms with Crippen molar-refractivity contribution in [1.82, 2.24) is 0 Å². The van der Waals surface area contributed by atoms with E-state index in [9.17, 15) is 9.18 Å². The van der Waals surface area contributed by atoms with Gasteiger partial charge in [0.25, 0.3) is 0 Å². The Morgan fingerprint density at radius 1 is 0.591 bits per heavy atom. The van der Waals surface area contributed by atoms with Crippen LogP contribution in [-0.2, 0) is 0 Å². The smallest absolute Gasteiger partial charge is 0.185 e. The number of hydrogen-bond donors (Lipinski definition) is 0. The molecular weight excluding hydrogens is 555 g/mol. The van der Waals surface area contributed by atoms with Crippen LogP contribution in [0.4, 0.5) is 4.39 Å². The van der Waals surface area contributed by atoms with Crippen LogP contribution in [0.3, 0.4) is 0 Å². The van der Waals surface area contributed by atoms with E-state index in [1.807, 2.05) is 79.7 Å². The van der Waals surface area contributed by atoms with E-state index in [2.05, 4.69) is 6.58 Å². The lowest BCUT2D eigenvalue weighted by Gasteiger charge is -2.10. The molecule has 0 atom stereocenters. The molecule has 228 valence electrons. The van der Waals surface area contributed by atoms with Gasteiger partial charge in [-0.3, -0.25) is 4.79 Å². The highest BCUT2D eigenvalue weighted by Gasteiger charge is 2.03. The monoisotopic (exact) mass is 594 g/mol. The van der Waals surface area contributed by atoms with Crippen LogP contribution in [0.1, 0.15) is 54.1 Å². The van der Waals surface area contributed by atoms with E-state index in [-0.39, 0.29) is 11.6 Å². The molecule has 0 amide bonds. The van der Waals surface area contributed by atoms with Crippen molar-refractivity contribution in [2.45, 2.75) is 32.6 Å². The molecule has 4 rings (SSSR count). The molecule has 0 unspecified atom stereocenters. The SMILES string of the molecule is C=C(C)c1ccc(OCCCCCCOc2ccc(OCCOc3ccc(C=CC(=O)c4ccc(F)cc4)cc3)cc2)cc1. The lowest BCUT2D eigenvalue weighted by molar-refractivity contribution is 0.104. The number of carbonyl (C=O) groups is 1. The number of ether oxygens (including phenoxy) is 4. The Morgan fingerprint density at radius 3 is 1.48 bits per heavy atom. The largest absolute Gasteiger partial charge is 0.494 e. The van der Waals surface area contributed by atoms with Gasteiger partial charge >= 0.3 is 0 Å². The van der Waals surface area contributed by atoms with Crippen LogP contribution >= 0.6 is 0 Å². The summed E-state index contributed by atoms with van der Waals surface area (Å²) in [4.78, 5) is 12.2. The lowest BCUT2D eigenvalue weighted by Crippen LogP contribution is -2.09. The zero-order valence-corrected chi connectivity index (χ0v) is 25.2. The minimum absolute atomic E-state index is 0.183. The van der Waals surface area contributed by atoms with E-state index in [1.165, 1.54) is 30.3 Å². The molecule has 6 heteroatoms. The molecule has 0 aliphatic heterocycles. The molecule has 0 heterocycles. The highest BCUT2D eigenvalue weighted by Crippen LogP contribution is 2.20. The van der Waals surface area contributed by atoms with Crippen LogP contribution in [0.5, 0.6) is 23.0 Å². The maximum Gasteiger partial charge on any atom is 0.185 e. The Morgan fingerprint density at radius 2 is 1.00 bits per heavy atom. The van der Waals surface area contributed by atoms with E-state index < -0.39 is 0 Å². The van der Waals surface area contributed by atoms with Crippen molar-refractivity contribution >= 4 is 17.4 Å². The van der Waals surface area contributed by atoms with Crippen LogP contribution in [0.2, 0.25) is 0 Å². The lowest BCUT2D eigenvalue weighted by atomic mass is 10.1. The van der Waals surface area contributed by atoms with E-state index in [4.69, 9.17) is 18.9 Å². The van der Waals surface area contributed by atoms with E-state index in [0.717, 1.165) is 59.6 Å². The Labute approximate surface area is 259 Å². The average molecular weight is 595 g/mol. The summed E-state index contributed by atoms with van der Waals surface area (Å²) in [6, 6.07) is 28.6. The fraction of sp³-hybridized carbons (Fsp3) is 0.237. The van der Waals surface area contributed by atoms with Gasteiger partial charge in [-0.05, 0) is 123 Å². The van der Waals surface area contributed by atoms with Gasteiger partial charge in [0.2, 0.25) is 0 Å². The third kappa shape index (κ3) is 11.1. The van der Waals surface area contributed by atoms with Crippen LogP contribution < -0.4 is 18.9 Å². The molecule has 0 fully saturated rings. The van der Waals surface area contributed by atoms with Gasteiger partial charge < -0.3 is 18.9 Å². The van der Waals surface area contributed by atoms with Gasteiger partial charge in [0, 0.05) is 5.56 Å². The summed E-state index contributed by atoms with van der Waals surface area (Å²) in [6.07, 6.45) is 7.39. The van der Waals surface area contributed by atoms with E-state index in [1.54, 1.807) is 6.08 Å². The molecule has 0 saturated heterocycles. The molecule has 0 aliphatic carbocycles. The van der Waals surface area contributed by atoms with E-state index >= 15 is 0 Å². The molecule has 0 bridgehead atoms. The molecule has 0 aromatic heterocycles. The van der Waals surface area contributed by atoms with Gasteiger partial charge in [-0.1, -0.05) is 42.5 Å². The second-order valence-corrected chi connectivity index (χ2v) is 10.4. The fourth-order valence-electron chi connectivity index (χ4n) is 4.28. The van der Waals surface area contributed by atoms with Gasteiger partial charge in [0.1, 0.15) is 42.0 Å². The maximum absolute atomic E-state index is 13.0. The van der Waals surface area contributed by atoms with Gasteiger partial charge in [-0.25, -0.2) is 4.39 Å². The molecule has 4 aromatic carbocycles. The first-order valence-corrected chi connectivity index (χ1v) is 14.9. The average Bonchev–Trinajstić information content (AvgIpc) is 3.05. The number of carbonyl (C=O) groups excluding carboxylic acids is 1. The molecule has 5 nitrogen and oxygen atoms in total. The predicted molar refractivity (Wildman–Crippen MR) is 174 cm³/mol. The Bertz CT molecular complexity index is 1470. The Balaban J connectivity index is 1.03. The second kappa shape index (κ2) is 17.3. The van der Waals surface area contributed by atoms with Crippen LogP contribution in [0, 0.1) is 5.82 Å². The molecule has 0 spiro atoms. The number of unbranched alkanes of at least 4 members (excludes halogenated alkanes) is 3. The number of hydrogen-bond acceptors (Lipinski definition) is 5. The molecule has 4 aromatic rings. The minimum atomic E-state index is -0.368. The first-order chi connectivity index (χ1) is 21.5. The number of halogens is 1. The topological polar surface area (TPSA) is 54.0 Å². The molecular formula is C38H39FO5. The van der Waals surface area contributed by atoms with Crippen molar-refractivity contribution < 1.29 is 28.1 Å². The first kappa shape index (κ1) is 32.1. The zero-order chi connectivity index (χ0) is 31.0. The predicted octanol–water partition coefficient (Wildman–Crippen LogP) is 9.23. The molecule has 44 heavy (non-hydrogen) atoms. The molecule has 0 radical (unpaired) electrons. The number of rotatable bonds is 18. The van der Waals surface area contributed by atoms with Gasteiger partial charge in [-0.2, -0.15) is 0 Å². The van der Waals surface area contributed by atoms with E-state index in [0.29, 0.717) is 37.7 Å². The van der Waals surface area contributed by atoms with Gasteiger partial charge in [0.15, 0.2) is 5.78 Å². The summed E-state index contributed by atoms with van der Waals surface area (Å²) >= 11 is 0. The molecule has 0 saturated carbocycles. The third-order valence-corrected chi connectivity index (χ3v) is 6.80. The standard InChI is InChI=1S/C38H39FO5/c1-29(2)31-12-18-35(19-13-31)41-25-5-3-4-6-26-42-36-20-22-37(23-21-36)44-28-27-43-34-16-7-30(8-17-34)9-24-38(40)32-10-14-33(39)15-11-32/h7-24H,1,3-6,25-28H2,2H3. The quantitative estimate of drug-likeness (QED) is 0.0653. The summed E-state index contributed by atoms with van der Waals surface area (Å²) in [5, 5.41) is 0. The van der Waals surface area contributed by atoms with Crippen molar-refractivity contribution in [2.24, 2.45) is 0 Å². The summed E-state index contributed by atoms with van der Waals surface area (Å²) in [5.74, 6) is 2.63. The third-order valence-electron chi connectivity index (χ3n) is 6.80. The van der Waals surface area contributed by atoms with Crippen LogP contribution in [0.25, 0.3) is 11.6 Å². The molecule has 0 N–H and O–H groups in total. The van der Waals surface area contributed by atoms with Gasteiger partial charge in [0.05, 0.1) is 13.2 Å². The highest BCUT2D eigenvalue weighted by molar-refractivity contribution is 6.06.